The molecule has 7 nitrogen and oxygen atoms in total. The zero-order chi connectivity index (χ0) is 26.5. The molecule has 0 spiro atoms. The fraction of sp³-hybridized carbons (Fsp3) is 0.226. The van der Waals surface area contributed by atoms with E-state index in [0.29, 0.717) is 23.4 Å². The first-order chi connectivity index (χ1) is 18.5. The number of methoxy groups -OCH3 is 1. The second kappa shape index (κ2) is 11.4. The molecule has 1 heterocycles. The molecule has 4 aromatic rings. The summed E-state index contributed by atoms with van der Waals surface area (Å²) in [6.45, 7) is 2.29. The van der Waals surface area contributed by atoms with Crippen molar-refractivity contribution in [2.75, 3.05) is 25.1 Å². The minimum absolute atomic E-state index is 0.0268. The molecular weight excluding hydrogens is 476 g/mol. The van der Waals surface area contributed by atoms with E-state index in [0.717, 1.165) is 53.7 Å². The molecule has 0 bridgehead atoms. The number of nitrogens with zero attached hydrogens (tertiary/aromatic N) is 1. The van der Waals surface area contributed by atoms with Crippen LogP contribution in [0.4, 0.5) is 5.69 Å². The summed E-state index contributed by atoms with van der Waals surface area (Å²) < 4.78 is 11.5. The van der Waals surface area contributed by atoms with Gasteiger partial charge in [-0.25, -0.2) is 0 Å². The molecule has 1 aliphatic rings. The highest BCUT2D eigenvalue weighted by atomic mass is 16.5. The molecular formula is C31H32N4O3. The van der Waals surface area contributed by atoms with Gasteiger partial charge in [-0.15, -0.1) is 0 Å². The van der Waals surface area contributed by atoms with Crippen molar-refractivity contribution in [3.05, 3.63) is 102 Å². The Bertz CT molecular complexity index is 1450. The first-order valence-corrected chi connectivity index (χ1v) is 12.8. The van der Waals surface area contributed by atoms with Crippen molar-refractivity contribution in [1.29, 1.82) is 5.41 Å². The van der Waals surface area contributed by atoms with E-state index in [1.807, 2.05) is 72.8 Å². The van der Waals surface area contributed by atoms with Crippen LogP contribution >= 0.6 is 0 Å². The van der Waals surface area contributed by atoms with Gasteiger partial charge in [-0.1, -0.05) is 30.3 Å². The van der Waals surface area contributed by atoms with Gasteiger partial charge in [0.1, 0.15) is 23.4 Å². The summed E-state index contributed by atoms with van der Waals surface area (Å²) in [5.41, 5.74) is 8.65. The minimum Gasteiger partial charge on any atom is -0.497 e. The lowest BCUT2D eigenvalue weighted by atomic mass is 10.0. The molecule has 0 radical (unpaired) electrons. The second-order valence-electron chi connectivity index (χ2n) is 9.49. The quantitative estimate of drug-likeness (QED) is 0.227. The average Bonchev–Trinajstić information content (AvgIpc) is 2.96. The third-order valence-electron chi connectivity index (χ3n) is 6.86. The summed E-state index contributed by atoms with van der Waals surface area (Å²) in [5, 5.41) is 13.1. The van der Waals surface area contributed by atoms with Gasteiger partial charge in [0, 0.05) is 16.8 Å². The van der Waals surface area contributed by atoms with Crippen molar-refractivity contribution < 1.29 is 14.3 Å². The van der Waals surface area contributed by atoms with Crippen LogP contribution in [0.15, 0.2) is 84.9 Å². The number of amidine groups is 1. The number of nitrogens with two attached hydrogens (primary N) is 1. The van der Waals surface area contributed by atoms with Crippen LogP contribution in [-0.4, -0.2) is 38.0 Å². The van der Waals surface area contributed by atoms with Gasteiger partial charge in [0.05, 0.1) is 13.7 Å². The van der Waals surface area contributed by atoms with Gasteiger partial charge in [0.15, 0.2) is 0 Å². The van der Waals surface area contributed by atoms with E-state index in [9.17, 15) is 4.79 Å². The number of fused-ring (bicyclic) bond motifs is 1. The molecule has 1 fully saturated rings. The molecule has 0 aliphatic carbocycles. The number of nitrogen functional groups attached to an aromatic ring is 1. The molecule has 1 saturated heterocycles. The van der Waals surface area contributed by atoms with Crippen LogP contribution in [0.5, 0.6) is 11.5 Å². The maximum atomic E-state index is 13.8. The zero-order valence-corrected chi connectivity index (χ0v) is 21.4. The molecule has 194 valence electrons. The molecule has 38 heavy (non-hydrogen) atoms. The molecule has 0 unspecified atom stereocenters. The Morgan fingerprint density at radius 3 is 2.42 bits per heavy atom. The minimum atomic E-state index is -0.131. The van der Waals surface area contributed by atoms with Gasteiger partial charge in [0.25, 0.3) is 5.91 Å². The molecule has 4 aromatic carbocycles. The molecule has 4 N–H and O–H groups in total. The highest BCUT2D eigenvalue weighted by Gasteiger charge is 2.20. The Hall–Kier alpha value is -4.36. The van der Waals surface area contributed by atoms with E-state index in [2.05, 4.69) is 5.32 Å². The van der Waals surface area contributed by atoms with Gasteiger partial charge >= 0.3 is 0 Å². The summed E-state index contributed by atoms with van der Waals surface area (Å²) in [7, 11) is 1.59. The maximum Gasteiger partial charge on any atom is 0.258 e. The van der Waals surface area contributed by atoms with Crippen LogP contribution in [0, 0.1) is 5.41 Å². The number of hydrogen-bond acceptors (Lipinski definition) is 5. The van der Waals surface area contributed by atoms with Gasteiger partial charge in [-0.05, 0) is 96.9 Å². The van der Waals surface area contributed by atoms with Crippen molar-refractivity contribution in [1.82, 2.24) is 5.32 Å². The SMILES string of the molecule is COc1cccc(C(=O)N(Cc2ccc3ccc(C(=N)N)cc3c2)c2ccc(OC3CCNCC3)cc2)c1. The van der Waals surface area contributed by atoms with Crippen molar-refractivity contribution in [2.45, 2.75) is 25.5 Å². The molecule has 0 aromatic heterocycles. The van der Waals surface area contributed by atoms with Crippen LogP contribution in [0.3, 0.4) is 0 Å². The van der Waals surface area contributed by atoms with Crippen molar-refractivity contribution >= 4 is 28.2 Å². The molecule has 0 saturated carbocycles. The first kappa shape index (κ1) is 25.3. The summed E-state index contributed by atoms with van der Waals surface area (Å²) in [5.74, 6) is 1.33. The van der Waals surface area contributed by atoms with Gasteiger partial charge in [-0.2, -0.15) is 0 Å². The van der Waals surface area contributed by atoms with Crippen molar-refractivity contribution in [3.8, 4) is 11.5 Å². The zero-order valence-electron chi connectivity index (χ0n) is 21.4. The Balaban J connectivity index is 1.46. The number of carbonyl (C=O) groups excluding carboxylic acids is 1. The number of anilines is 1. The Labute approximate surface area is 222 Å². The average molecular weight is 509 g/mol. The van der Waals surface area contributed by atoms with E-state index in [1.165, 1.54) is 0 Å². The Kier molecular flexibility index (Phi) is 7.56. The number of nitrogens with one attached hydrogen (secondary N) is 2. The number of piperidine rings is 1. The van der Waals surface area contributed by atoms with E-state index < -0.39 is 0 Å². The number of hydrogen-bond donors (Lipinski definition) is 3. The topological polar surface area (TPSA) is 101 Å². The molecule has 1 amide bonds. The Morgan fingerprint density at radius 2 is 1.68 bits per heavy atom. The number of amides is 1. The first-order valence-electron chi connectivity index (χ1n) is 12.8. The van der Waals surface area contributed by atoms with E-state index in [4.69, 9.17) is 20.6 Å². The van der Waals surface area contributed by atoms with Crippen LogP contribution in [0.2, 0.25) is 0 Å². The highest BCUT2D eigenvalue weighted by Crippen LogP contribution is 2.27. The predicted octanol–water partition coefficient (Wildman–Crippen LogP) is 5.11. The smallest absolute Gasteiger partial charge is 0.258 e. The van der Waals surface area contributed by atoms with E-state index in [-0.39, 0.29) is 17.8 Å². The van der Waals surface area contributed by atoms with Crippen LogP contribution in [0.25, 0.3) is 10.8 Å². The van der Waals surface area contributed by atoms with Gasteiger partial charge in [-0.3, -0.25) is 10.2 Å². The molecule has 7 heteroatoms. The van der Waals surface area contributed by atoms with Crippen molar-refractivity contribution in [3.63, 3.8) is 0 Å². The molecule has 5 rings (SSSR count). The largest absolute Gasteiger partial charge is 0.497 e. The third kappa shape index (κ3) is 5.79. The normalized spacial score (nSPS) is 13.7. The highest BCUT2D eigenvalue weighted by molar-refractivity contribution is 6.06. The van der Waals surface area contributed by atoms with Crippen LogP contribution in [0.1, 0.15) is 34.3 Å². The van der Waals surface area contributed by atoms with E-state index >= 15 is 0 Å². The number of ether oxygens (including phenoxy) is 2. The van der Waals surface area contributed by atoms with Crippen molar-refractivity contribution in [2.24, 2.45) is 5.73 Å². The fourth-order valence-corrected chi connectivity index (χ4v) is 4.75. The molecule has 0 atom stereocenters. The lowest BCUT2D eigenvalue weighted by Gasteiger charge is -2.26. The van der Waals surface area contributed by atoms with E-state index in [1.54, 1.807) is 24.1 Å². The summed E-state index contributed by atoms with van der Waals surface area (Å²) in [6.07, 6.45) is 2.17. The summed E-state index contributed by atoms with van der Waals surface area (Å²) >= 11 is 0. The lowest BCUT2D eigenvalue weighted by molar-refractivity contribution is 0.0984. The maximum absolute atomic E-state index is 13.8. The number of rotatable bonds is 8. The number of benzene rings is 4. The van der Waals surface area contributed by atoms with Crippen LogP contribution in [-0.2, 0) is 6.54 Å². The summed E-state index contributed by atoms with van der Waals surface area (Å²) in [6, 6.07) is 26.7. The fourth-order valence-electron chi connectivity index (χ4n) is 4.75. The summed E-state index contributed by atoms with van der Waals surface area (Å²) in [4.78, 5) is 15.6. The predicted molar refractivity (Wildman–Crippen MR) is 151 cm³/mol. The standard InChI is InChI=1S/C31H32N4O3/c1-37-29-4-2-3-24(19-29)31(36)35(26-9-11-27(12-10-26)38-28-13-15-34-16-14-28)20-21-5-6-22-7-8-23(30(32)33)18-25(22)17-21/h2-12,17-19,28,34H,13-16,20H2,1H3,(H3,32,33). The lowest BCUT2D eigenvalue weighted by Crippen LogP contribution is -2.34. The van der Waals surface area contributed by atoms with Gasteiger partial charge in [0.2, 0.25) is 0 Å². The second-order valence-corrected chi connectivity index (χ2v) is 9.49. The number of carbonyl (C=O) groups is 1. The third-order valence-corrected chi connectivity index (χ3v) is 6.86. The van der Waals surface area contributed by atoms with Crippen LogP contribution < -0.4 is 25.4 Å². The Morgan fingerprint density at radius 1 is 0.921 bits per heavy atom. The molecule has 1 aliphatic heterocycles. The van der Waals surface area contributed by atoms with Gasteiger partial charge < -0.3 is 25.4 Å². The monoisotopic (exact) mass is 508 g/mol.